The zero-order chi connectivity index (χ0) is 14.5. The molecule has 0 fully saturated rings. The normalized spacial score (nSPS) is 10.2. The minimum absolute atomic E-state index is 0.00710. The molecule has 20 heavy (non-hydrogen) atoms. The van der Waals surface area contributed by atoms with Crippen LogP contribution in [0.15, 0.2) is 30.5 Å². The molecule has 0 radical (unpaired) electrons. The van der Waals surface area contributed by atoms with Crippen LogP contribution in [0.1, 0.15) is 6.92 Å². The number of nitro groups is 1. The van der Waals surface area contributed by atoms with E-state index in [0.717, 1.165) is 0 Å². The molecule has 0 saturated carbocycles. The highest BCUT2D eigenvalue weighted by Crippen LogP contribution is 2.19. The summed E-state index contributed by atoms with van der Waals surface area (Å²) in [4.78, 5) is 21.4. The highest BCUT2D eigenvalue weighted by molar-refractivity contribution is 5.69. The third-order valence-electron chi connectivity index (χ3n) is 2.51. The Bertz CT molecular complexity index is 621. The van der Waals surface area contributed by atoms with E-state index in [-0.39, 0.29) is 12.2 Å². The number of carbonyl (C=O) groups is 1. The molecule has 0 aliphatic heterocycles. The lowest BCUT2D eigenvalue weighted by molar-refractivity contribution is -0.384. The van der Waals surface area contributed by atoms with Gasteiger partial charge in [-0.2, -0.15) is 0 Å². The highest BCUT2D eigenvalue weighted by Gasteiger charge is 2.10. The van der Waals surface area contributed by atoms with E-state index in [9.17, 15) is 14.9 Å². The second kappa shape index (κ2) is 5.91. The first kappa shape index (κ1) is 13.7. The van der Waals surface area contributed by atoms with Gasteiger partial charge in [-0.05, 0) is 19.1 Å². The van der Waals surface area contributed by atoms with Gasteiger partial charge >= 0.3 is 5.97 Å². The molecule has 0 bridgehead atoms. The quantitative estimate of drug-likeness (QED) is 0.465. The lowest BCUT2D eigenvalue weighted by Gasteiger charge is -2.00. The van der Waals surface area contributed by atoms with Crippen LogP contribution in [0.2, 0.25) is 0 Å². The topological polar surface area (TPSA) is 100 Å². The molecule has 1 heterocycles. The van der Waals surface area contributed by atoms with E-state index in [2.05, 4.69) is 10.3 Å². The third-order valence-corrected chi connectivity index (χ3v) is 2.51. The Morgan fingerprint density at radius 1 is 1.40 bits per heavy atom. The maximum Gasteiger partial charge on any atom is 0.327 e. The number of hydrogen-bond donors (Lipinski definition) is 0. The highest BCUT2D eigenvalue weighted by atomic mass is 16.6. The molecule has 0 N–H and O–H groups in total. The maximum atomic E-state index is 11.3. The van der Waals surface area contributed by atoms with Crippen LogP contribution in [0, 0.1) is 10.1 Å². The summed E-state index contributed by atoms with van der Waals surface area (Å²) >= 11 is 0. The molecule has 2 rings (SSSR count). The van der Waals surface area contributed by atoms with Crippen molar-refractivity contribution in [1.82, 2.24) is 15.0 Å². The van der Waals surface area contributed by atoms with Crippen molar-refractivity contribution in [2.24, 2.45) is 0 Å². The zero-order valence-electron chi connectivity index (χ0n) is 10.7. The van der Waals surface area contributed by atoms with Gasteiger partial charge in [-0.3, -0.25) is 14.9 Å². The van der Waals surface area contributed by atoms with Gasteiger partial charge < -0.3 is 4.74 Å². The summed E-state index contributed by atoms with van der Waals surface area (Å²) in [7, 11) is 0. The van der Waals surface area contributed by atoms with Crippen molar-refractivity contribution in [3.05, 3.63) is 40.6 Å². The number of nitro benzene ring substituents is 1. The predicted octanol–water partition coefficient (Wildman–Crippen LogP) is 1.42. The number of ether oxygens (including phenoxy) is 1. The van der Waals surface area contributed by atoms with E-state index >= 15 is 0 Å². The summed E-state index contributed by atoms with van der Waals surface area (Å²) in [6, 6.07) is 5.94. The molecule has 1 aromatic carbocycles. The Morgan fingerprint density at radius 3 is 2.70 bits per heavy atom. The van der Waals surface area contributed by atoms with E-state index in [1.54, 1.807) is 25.3 Å². The number of benzene rings is 1. The van der Waals surface area contributed by atoms with Gasteiger partial charge in [-0.25, -0.2) is 4.68 Å². The van der Waals surface area contributed by atoms with Crippen LogP contribution in [0.5, 0.6) is 0 Å². The van der Waals surface area contributed by atoms with E-state index in [1.807, 2.05) is 0 Å². The Balaban J connectivity index is 2.12. The SMILES string of the molecule is CCOC(=O)Cn1cc(-c2ccc([N+](=O)[O-])cc2)nn1. The number of nitrogens with zero attached hydrogens (tertiary/aromatic N) is 4. The van der Waals surface area contributed by atoms with Crippen LogP contribution in [0.25, 0.3) is 11.3 Å². The van der Waals surface area contributed by atoms with Crippen molar-refractivity contribution < 1.29 is 14.5 Å². The lowest BCUT2D eigenvalue weighted by Crippen LogP contribution is -2.13. The first-order valence-electron chi connectivity index (χ1n) is 5.90. The second-order valence-electron chi connectivity index (χ2n) is 3.91. The summed E-state index contributed by atoms with van der Waals surface area (Å²) in [6.07, 6.45) is 1.58. The monoisotopic (exact) mass is 276 g/mol. The predicted molar refractivity (Wildman–Crippen MR) is 68.7 cm³/mol. The van der Waals surface area contributed by atoms with Gasteiger partial charge in [0, 0.05) is 17.7 Å². The van der Waals surface area contributed by atoms with Crippen molar-refractivity contribution in [3.8, 4) is 11.3 Å². The van der Waals surface area contributed by atoms with Crippen molar-refractivity contribution in [2.75, 3.05) is 6.61 Å². The Kier molecular flexibility index (Phi) is 4.04. The Hall–Kier alpha value is -2.77. The Morgan fingerprint density at radius 2 is 2.10 bits per heavy atom. The molecule has 0 atom stereocenters. The summed E-state index contributed by atoms with van der Waals surface area (Å²) in [6.45, 7) is 2.01. The molecule has 104 valence electrons. The zero-order valence-corrected chi connectivity index (χ0v) is 10.7. The maximum absolute atomic E-state index is 11.3. The van der Waals surface area contributed by atoms with E-state index in [4.69, 9.17) is 4.74 Å². The van der Waals surface area contributed by atoms with Crippen LogP contribution in [0.4, 0.5) is 5.69 Å². The van der Waals surface area contributed by atoms with Gasteiger partial charge in [0.2, 0.25) is 0 Å². The fourth-order valence-electron chi connectivity index (χ4n) is 1.60. The first-order valence-corrected chi connectivity index (χ1v) is 5.90. The van der Waals surface area contributed by atoms with Gasteiger partial charge in [-0.1, -0.05) is 5.21 Å². The van der Waals surface area contributed by atoms with E-state index in [1.165, 1.54) is 16.8 Å². The molecule has 8 nitrogen and oxygen atoms in total. The second-order valence-corrected chi connectivity index (χ2v) is 3.91. The molecule has 8 heteroatoms. The number of aromatic nitrogens is 3. The molecular weight excluding hydrogens is 264 g/mol. The standard InChI is InChI=1S/C12H12N4O4/c1-2-20-12(17)8-15-7-11(13-14-15)9-3-5-10(6-4-9)16(18)19/h3-7H,2,8H2,1H3. The molecule has 0 aliphatic rings. The van der Waals surface area contributed by atoms with Gasteiger partial charge in [-0.15, -0.1) is 5.10 Å². The van der Waals surface area contributed by atoms with E-state index in [0.29, 0.717) is 17.9 Å². The van der Waals surface area contributed by atoms with Crippen molar-refractivity contribution in [3.63, 3.8) is 0 Å². The molecule has 0 unspecified atom stereocenters. The number of rotatable bonds is 5. The molecule has 0 spiro atoms. The smallest absolute Gasteiger partial charge is 0.327 e. The van der Waals surface area contributed by atoms with Gasteiger partial charge in [0.05, 0.1) is 17.7 Å². The summed E-state index contributed by atoms with van der Waals surface area (Å²) < 4.78 is 6.16. The minimum Gasteiger partial charge on any atom is -0.465 e. The molecule has 0 amide bonds. The molecule has 0 saturated heterocycles. The molecule has 0 aliphatic carbocycles. The van der Waals surface area contributed by atoms with Gasteiger partial charge in [0.25, 0.3) is 5.69 Å². The number of esters is 1. The third kappa shape index (κ3) is 3.16. The number of non-ortho nitro benzene ring substituents is 1. The molecule has 2 aromatic rings. The van der Waals surface area contributed by atoms with Crippen LogP contribution >= 0.6 is 0 Å². The fourth-order valence-corrected chi connectivity index (χ4v) is 1.60. The van der Waals surface area contributed by atoms with Crippen LogP contribution < -0.4 is 0 Å². The van der Waals surface area contributed by atoms with Crippen molar-refractivity contribution in [2.45, 2.75) is 13.5 Å². The average Bonchev–Trinajstić information content (AvgIpc) is 2.87. The largest absolute Gasteiger partial charge is 0.465 e. The fraction of sp³-hybridized carbons (Fsp3) is 0.250. The van der Waals surface area contributed by atoms with E-state index < -0.39 is 10.9 Å². The van der Waals surface area contributed by atoms with Crippen LogP contribution in [0.3, 0.4) is 0 Å². The minimum atomic E-state index is -0.471. The molecular formula is C12H12N4O4. The van der Waals surface area contributed by atoms with Gasteiger partial charge in [0.1, 0.15) is 12.2 Å². The van der Waals surface area contributed by atoms with Crippen LogP contribution in [-0.2, 0) is 16.1 Å². The number of hydrogen-bond acceptors (Lipinski definition) is 6. The Labute approximate surface area is 114 Å². The lowest BCUT2D eigenvalue weighted by atomic mass is 10.1. The van der Waals surface area contributed by atoms with Crippen molar-refractivity contribution in [1.29, 1.82) is 0 Å². The van der Waals surface area contributed by atoms with Gasteiger partial charge in [0.15, 0.2) is 0 Å². The summed E-state index contributed by atoms with van der Waals surface area (Å²) in [5, 5.41) is 18.3. The van der Waals surface area contributed by atoms with Crippen LogP contribution in [-0.4, -0.2) is 32.5 Å². The van der Waals surface area contributed by atoms with Crippen molar-refractivity contribution >= 4 is 11.7 Å². The first-order chi connectivity index (χ1) is 9.60. The number of carbonyl (C=O) groups excluding carboxylic acids is 1. The summed E-state index contributed by atoms with van der Waals surface area (Å²) in [5.41, 5.74) is 1.22. The molecule has 1 aromatic heterocycles. The summed E-state index contributed by atoms with van der Waals surface area (Å²) in [5.74, 6) is -0.396. The average molecular weight is 276 g/mol.